The normalized spacial score (nSPS) is 18.1. The molecule has 2 aromatic rings. The van der Waals surface area contributed by atoms with E-state index in [0.717, 1.165) is 12.8 Å². The van der Waals surface area contributed by atoms with E-state index in [1.165, 1.54) is 33.4 Å². The third-order valence-corrected chi connectivity index (χ3v) is 6.80. The Labute approximate surface area is 200 Å². The molecule has 2 amide bonds. The Balaban J connectivity index is 1.25. The number of rotatable bonds is 3. The first-order valence-electron chi connectivity index (χ1n) is 12.1. The van der Waals surface area contributed by atoms with Crippen LogP contribution in [0.4, 0.5) is 4.79 Å². The van der Waals surface area contributed by atoms with Crippen LogP contribution in [-0.2, 0) is 14.3 Å². The molecular weight excluding hydrogens is 428 g/mol. The molecule has 3 aliphatic rings. The number of benzene rings is 2. The molecule has 0 aromatic heterocycles. The van der Waals surface area contributed by atoms with Crippen molar-refractivity contribution in [1.29, 1.82) is 0 Å². The molecule has 0 radical (unpaired) electrons. The van der Waals surface area contributed by atoms with Gasteiger partial charge in [-0.15, -0.1) is 0 Å². The van der Waals surface area contributed by atoms with Crippen LogP contribution in [0.5, 0.6) is 0 Å². The Morgan fingerprint density at radius 1 is 0.912 bits per heavy atom. The fourth-order valence-electron chi connectivity index (χ4n) is 4.97. The SMILES string of the molecule is O=C(NCC(=O)N1CCC(=C2c3ccccc3C=Cc3ccccc32)CC1)OC1CCOCC1. The fourth-order valence-corrected chi connectivity index (χ4v) is 4.97. The van der Waals surface area contributed by atoms with Gasteiger partial charge >= 0.3 is 6.09 Å². The summed E-state index contributed by atoms with van der Waals surface area (Å²) < 4.78 is 10.7. The van der Waals surface area contributed by atoms with Gasteiger partial charge in [0.25, 0.3) is 0 Å². The van der Waals surface area contributed by atoms with Gasteiger partial charge in [-0.1, -0.05) is 66.3 Å². The molecule has 34 heavy (non-hydrogen) atoms. The van der Waals surface area contributed by atoms with Gasteiger partial charge in [0, 0.05) is 25.9 Å². The standard InChI is InChI=1S/C28H30N2O4/c31-26(19-29-28(32)34-23-13-17-33-18-14-23)30-15-11-22(12-16-30)27-24-7-3-1-5-20(24)9-10-21-6-2-4-8-25(21)27/h1-10,23H,11-19H2,(H,29,32). The molecule has 6 heteroatoms. The fraction of sp³-hybridized carbons (Fsp3) is 0.357. The zero-order valence-electron chi connectivity index (χ0n) is 19.3. The summed E-state index contributed by atoms with van der Waals surface area (Å²) in [5, 5.41) is 2.62. The van der Waals surface area contributed by atoms with E-state index in [4.69, 9.17) is 9.47 Å². The Morgan fingerprint density at radius 3 is 2.12 bits per heavy atom. The lowest BCUT2D eigenvalue weighted by atomic mass is 9.86. The number of amides is 2. The van der Waals surface area contributed by atoms with Crippen LogP contribution in [0.3, 0.4) is 0 Å². The number of likely N-dealkylation sites (tertiary alicyclic amines) is 1. The minimum absolute atomic E-state index is 0.0381. The highest BCUT2D eigenvalue weighted by Gasteiger charge is 2.25. The lowest BCUT2D eigenvalue weighted by Gasteiger charge is -2.31. The Morgan fingerprint density at radius 2 is 1.50 bits per heavy atom. The van der Waals surface area contributed by atoms with Crippen molar-refractivity contribution in [2.45, 2.75) is 31.8 Å². The average molecular weight is 459 g/mol. The van der Waals surface area contributed by atoms with E-state index in [0.29, 0.717) is 39.1 Å². The van der Waals surface area contributed by atoms with Crippen LogP contribution in [-0.4, -0.2) is 55.9 Å². The minimum atomic E-state index is -0.528. The zero-order valence-corrected chi connectivity index (χ0v) is 19.3. The zero-order chi connectivity index (χ0) is 23.3. The number of hydrogen-bond donors (Lipinski definition) is 1. The molecule has 1 N–H and O–H groups in total. The second-order valence-electron chi connectivity index (χ2n) is 8.94. The largest absolute Gasteiger partial charge is 0.446 e. The van der Waals surface area contributed by atoms with Gasteiger partial charge in [-0.3, -0.25) is 4.79 Å². The van der Waals surface area contributed by atoms with Crippen molar-refractivity contribution in [3.8, 4) is 0 Å². The molecule has 0 atom stereocenters. The minimum Gasteiger partial charge on any atom is -0.446 e. The quantitative estimate of drug-likeness (QED) is 0.628. The van der Waals surface area contributed by atoms with Crippen LogP contribution >= 0.6 is 0 Å². The van der Waals surface area contributed by atoms with Crippen LogP contribution in [0.2, 0.25) is 0 Å². The first-order chi connectivity index (χ1) is 16.7. The summed E-state index contributed by atoms with van der Waals surface area (Å²) in [4.78, 5) is 26.6. The highest BCUT2D eigenvalue weighted by molar-refractivity contribution is 5.95. The van der Waals surface area contributed by atoms with Gasteiger partial charge < -0.3 is 19.7 Å². The van der Waals surface area contributed by atoms with Crippen LogP contribution in [0, 0.1) is 0 Å². The molecule has 0 bridgehead atoms. The predicted molar refractivity (Wildman–Crippen MR) is 132 cm³/mol. The van der Waals surface area contributed by atoms with E-state index in [1.54, 1.807) is 0 Å². The number of piperidine rings is 1. The van der Waals surface area contributed by atoms with Crippen molar-refractivity contribution in [2.24, 2.45) is 0 Å². The maximum atomic E-state index is 12.7. The van der Waals surface area contributed by atoms with Crippen molar-refractivity contribution in [2.75, 3.05) is 32.8 Å². The summed E-state index contributed by atoms with van der Waals surface area (Å²) in [6, 6.07) is 17.0. The van der Waals surface area contributed by atoms with Crippen LogP contribution in [0.15, 0.2) is 54.1 Å². The van der Waals surface area contributed by atoms with E-state index in [-0.39, 0.29) is 18.6 Å². The van der Waals surface area contributed by atoms with Crippen LogP contribution in [0.25, 0.3) is 17.7 Å². The number of alkyl carbamates (subject to hydrolysis) is 1. The molecule has 0 spiro atoms. The number of ether oxygens (including phenoxy) is 2. The van der Waals surface area contributed by atoms with Gasteiger partial charge in [-0.05, 0) is 40.7 Å². The van der Waals surface area contributed by atoms with Crippen molar-refractivity contribution in [3.05, 3.63) is 76.4 Å². The molecular formula is C28H30N2O4. The molecule has 2 saturated heterocycles. The van der Waals surface area contributed by atoms with Crippen molar-refractivity contribution in [3.63, 3.8) is 0 Å². The van der Waals surface area contributed by atoms with E-state index in [1.807, 2.05) is 4.90 Å². The van der Waals surface area contributed by atoms with Gasteiger partial charge in [0.1, 0.15) is 12.6 Å². The number of carbonyl (C=O) groups is 2. The van der Waals surface area contributed by atoms with Crippen molar-refractivity contribution >= 4 is 29.7 Å². The second-order valence-corrected chi connectivity index (χ2v) is 8.94. The van der Waals surface area contributed by atoms with Gasteiger partial charge in [0.05, 0.1) is 13.2 Å². The average Bonchev–Trinajstić information content (AvgIpc) is 3.05. The molecule has 5 rings (SSSR count). The molecule has 1 aliphatic carbocycles. The predicted octanol–water partition coefficient (Wildman–Crippen LogP) is 4.50. The van der Waals surface area contributed by atoms with E-state index in [2.05, 4.69) is 66.0 Å². The smallest absolute Gasteiger partial charge is 0.407 e. The van der Waals surface area contributed by atoms with E-state index in [9.17, 15) is 9.59 Å². The van der Waals surface area contributed by atoms with Crippen molar-refractivity contribution < 1.29 is 19.1 Å². The number of nitrogens with one attached hydrogen (secondary N) is 1. The molecule has 2 heterocycles. The molecule has 2 aromatic carbocycles. The Bertz CT molecular complexity index is 1070. The third kappa shape index (κ3) is 4.92. The Kier molecular flexibility index (Phi) is 6.77. The van der Waals surface area contributed by atoms with Crippen LogP contribution < -0.4 is 5.32 Å². The summed E-state index contributed by atoms with van der Waals surface area (Å²) in [5.74, 6) is -0.0729. The van der Waals surface area contributed by atoms with Gasteiger partial charge in [-0.2, -0.15) is 0 Å². The summed E-state index contributed by atoms with van der Waals surface area (Å²) in [5.41, 5.74) is 7.59. The van der Waals surface area contributed by atoms with Crippen LogP contribution in [0.1, 0.15) is 47.9 Å². The molecule has 2 fully saturated rings. The maximum absolute atomic E-state index is 12.7. The number of nitrogens with zero attached hydrogens (tertiary/aromatic N) is 1. The highest BCUT2D eigenvalue weighted by atomic mass is 16.6. The molecule has 176 valence electrons. The maximum Gasteiger partial charge on any atom is 0.407 e. The van der Waals surface area contributed by atoms with Crippen molar-refractivity contribution in [1.82, 2.24) is 10.2 Å². The number of carbonyl (C=O) groups excluding carboxylic acids is 2. The molecule has 0 unspecified atom stereocenters. The lowest BCUT2D eigenvalue weighted by molar-refractivity contribution is -0.130. The third-order valence-electron chi connectivity index (χ3n) is 6.80. The highest BCUT2D eigenvalue weighted by Crippen LogP contribution is 2.38. The second kappa shape index (κ2) is 10.3. The van der Waals surface area contributed by atoms with Gasteiger partial charge in [0.2, 0.25) is 5.91 Å². The lowest BCUT2D eigenvalue weighted by Crippen LogP contribution is -2.44. The first-order valence-corrected chi connectivity index (χ1v) is 12.1. The van der Waals surface area contributed by atoms with E-state index >= 15 is 0 Å². The monoisotopic (exact) mass is 458 g/mol. The number of fused-ring (bicyclic) bond motifs is 2. The first kappa shape index (κ1) is 22.4. The Hall–Kier alpha value is -3.38. The van der Waals surface area contributed by atoms with Gasteiger partial charge in [0.15, 0.2) is 0 Å². The molecule has 0 saturated carbocycles. The summed E-state index contributed by atoms with van der Waals surface area (Å²) in [6.45, 7) is 2.46. The molecule has 6 nitrogen and oxygen atoms in total. The summed E-state index contributed by atoms with van der Waals surface area (Å²) in [6.07, 6.45) is 6.75. The summed E-state index contributed by atoms with van der Waals surface area (Å²) >= 11 is 0. The summed E-state index contributed by atoms with van der Waals surface area (Å²) in [7, 11) is 0. The van der Waals surface area contributed by atoms with Gasteiger partial charge in [-0.25, -0.2) is 4.79 Å². The molecule has 2 aliphatic heterocycles. The number of hydrogen-bond acceptors (Lipinski definition) is 4. The topological polar surface area (TPSA) is 67.9 Å². The van der Waals surface area contributed by atoms with E-state index < -0.39 is 6.09 Å².